The van der Waals surface area contributed by atoms with E-state index in [1.54, 1.807) is 0 Å². The predicted molar refractivity (Wildman–Crippen MR) is 65.5 cm³/mol. The van der Waals surface area contributed by atoms with Crippen molar-refractivity contribution in [3.05, 3.63) is 30.0 Å². The maximum absolute atomic E-state index is 11.1. The average molecular weight is 220 g/mol. The van der Waals surface area contributed by atoms with E-state index in [1.165, 1.54) is 0 Å². The maximum atomic E-state index is 11.1. The summed E-state index contributed by atoms with van der Waals surface area (Å²) in [4.78, 5) is 14.4. The van der Waals surface area contributed by atoms with Gasteiger partial charge in [0.05, 0.1) is 5.75 Å². The van der Waals surface area contributed by atoms with Crippen LogP contribution in [0.4, 0.5) is 5.69 Å². The minimum Gasteiger partial charge on any atom is -0.359 e. The first kappa shape index (κ1) is 10.1. The normalized spacial score (nSPS) is 10.5. The minimum absolute atomic E-state index is 0.0926. The molecule has 0 fully saturated rings. The zero-order chi connectivity index (χ0) is 10.8. The third kappa shape index (κ3) is 2.15. The molecule has 0 saturated carbocycles. The lowest BCUT2D eigenvalue weighted by molar-refractivity contribution is -0.113. The fraction of sp³-hybridized carbons (Fsp3) is 0.182. The summed E-state index contributed by atoms with van der Waals surface area (Å²) in [7, 11) is 0. The Morgan fingerprint density at radius 2 is 2.27 bits per heavy atom. The van der Waals surface area contributed by atoms with E-state index in [-0.39, 0.29) is 11.7 Å². The number of anilines is 1. The molecule has 2 aromatic rings. The summed E-state index contributed by atoms with van der Waals surface area (Å²) in [6.07, 6.45) is 0. The highest BCUT2D eigenvalue weighted by molar-refractivity contribution is 7.81. The molecule has 1 amide bonds. The monoisotopic (exact) mass is 220 g/mol. The highest BCUT2D eigenvalue weighted by atomic mass is 32.1. The number of fused-ring (bicyclic) bond motifs is 1. The molecule has 15 heavy (non-hydrogen) atoms. The van der Waals surface area contributed by atoms with Gasteiger partial charge in [0.2, 0.25) is 5.91 Å². The molecule has 1 aromatic heterocycles. The molecule has 0 spiro atoms. The third-order valence-corrected chi connectivity index (χ3v) is 2.47. The number of aromatic amines is 1. The topological polar surface area (TPSA) is 44.9 Å². The molecule has 0 atom stereocenters. The van der Waals surface area contributed by atoms with Gasteiger partial charge >= 0.3 is 0 Å². The summed E-state index contributed by atoms with van der Waals surface area (Å²) in [5.41, 5.74) is 3.00. The van der Waals surface area contributed by atoms with Crippen LogP contribution in [0, 0.1) is 6.92 Å². The van der Waals surface area contributed by atoms with Crippen LogP contribution in [0.2, 0.25) is 0 Å². The zero-order valence-corrected chi connectivity index (χ0v) is 9.27. The lowest BCUT2D eigenvalue weighted by Crippen LogP contribution is -2.12. The van der Waals surface area contributed by atoms with E-state index >= 15 is 0 Å². The molecule has 0 bridgehead atoms. The van der Waals surface area contributed by atoms with E-state index in [0.717, 1.165) is 22.3 Å². The third-order valence-electron chi connectivity index (χ3n) is 2.18. The van der Waals surface area contributed by atoms with E-state index in [2.05, 4.69) is 22.9 Å². The van der Waals surface area contributed by atoms with E-state index in [1.807, 2.05) is 31.2 Å². The van der Waals surface area contributed by atoms with Crippen molar-refractivity contribution in [3.63, 3.8) is 0 Å². The Morgan fingerprint density at radius 3 is 3.00 bits per heavy atom. The van der Waals surface area contributed by atoms with Gasteiger partial charge in [-0.3, -0.25) is 4.79 Å². The van der Waals surface area contributed by atoms with Crippen LogP contribution >= 0.6 is 12.6 Å². The maximum Gasteiger partial charge on any atom is 0.234 e. The minimum atomic E-state index is -0.0926. The van der Waals surface area contributed by atoms with Crippen LogP contribution < -0.4 is 5.32 Å². The van der Waals surface area contributed by atoms with Crippen LogP contribution in [0.1, 0.15) is 5.69 Å². The molecule has 4 heteroatoms. The smallest absolute Gasteiger partial charge is 0.234 e. The van der Waals surface area contributed by atoms with Gasteiger partial charge in [-0.05, 0) is 31.2 Å². The summed E-state index contributed by atoms with van der Waals surface area (Å²) in [5, 5.41) is 3.87. The molecule has 78 valence electrons. The number of nitrogens with one attached hydrogen (secondary N) is 2. The summed E-state index contributed by atoms with van der Waals surface area (Å²) in [6, 6.07) is 7.82. The fourth-order valence-corrected chi connectivity index (χ4v) is 1.64. The van der Waals surface area contributed by atoms with Gasteiger partial charge in [-0.25, -0.2) is 0 Å². The molecule has 2 rings (SSSR count). The Balaban J connectivity index is 2.33. The SMILES string of the molecule is Cc1cc2cc(NC(=O)CS)ccc2[nH]1. The van der Waals surface area contributed by atoms with Crippen molar-refractivity contribution >= 4 is 35.1 Å². The molecule has 1 aromatic carbocycles. The van der Waals surface area contributed by atoms with Gasteiger partial charge in [0.1, 0.15) is 0 Å². The summed E-state index contributed by atoms with van der Waals surface area (Å²) < 4.78 is 0. The number of thiol groups is 1. The predicted octanol–water partition coefficient (Wildman–Crippen LogP) is 2.34. The van der Waals surface area contributed by atoms with E-state index in [0.29, 0.717) is 0 Å². The quantitative estimate of drug-likeness (QED) is 0.668. The van der Waals surface area contributed by atoms with Gasteiger partial charge < -0.3 is 10.3 Å². The largest absolute Gasteiger partial charge is 0.359 e. The van der Waals surface area contributed by atoms with Crippen molar-refractivity contribution in [2.45, 2.75) is 6.92 Å². The molecule has 0 aliphatic heterocycles. The van der Waals surface area contributed by atoms with Gasteiger partial charge in [-0.2, -0.15) is 12.6 Å². The number of benzene rings is 1. The lowest BCUT2D eigenvalue weighted by atomic mass is 10.2. The first-order valence-corrected chi connectivity index (χ1v) is 5.32. The van der Waals surface area contributed by atoms with Gasteiger partial charge in [-0.1, -0.05) is 0 Å². The molecular formula is C11H12N2OS. The van der Waals surface area contributed by atoms with Crippen molar-refractivity contribution in [1.82, 2.24) is 4.98 Å². The van der Waals surface area contributed by atoms with E-state index < -0.39 is 0 Å². The molecule has 1 heterocycles. The number of carbonyl (C=O) groups excluding carboxylic acids is 1. The van der Waals surface area contributed by atoms with Crippen LogP contribution in [0.15, 0.2) is 24.3 Å². The van der Waals surface area contributed by atoms with Crippen molar-refractivity contribution in [3.8, 4) is 0 Å². The Labute approximate surface area is 93.3 Å². The van der Waals surface area contributed by atoms with E-state index in [9.17, 15) is 4.79 Å². The number of aryl methyl sites for hydroxylation is 1. The number of hydrogen-bond donors (Lipinski definition) is 3. The molecule has 0 unspecified atom stereocenters. The van der Waals surface area contributed by atoms with Gasteiger partial charge in [0.15, 0.2) is 0 Å². The van der Waals surface area contributed by atoms with Crippen molar-refractivity contribution in [2.24, 2.45) is 0 Å². The molecule has 3 nitrogen and oxygen atoms in total. The van der Waals surface area contributed by atoms with E-state index in [4.69, 9.17) is 0 Å². The number of rotatable bonds is 2. The number of aromatic nitrogens is 1. The first-order chi connectivity index (χ1) is 7.19. The molecule has 2 N–H and O–H groups in total. The summed E-state index contributed by atoms with van der Waals surface area (Å²) in [6.45, 7) is 2.01. The van der Waals surface area contributed by atoms with Crippen molar-refractivity contribution in [1.29, 1.82) is 0 Å². The fourth-order valence-electron chi connectivity index (χ4n) is 1.56. The standard InChI is InChI=1S/C11H12N2OS/c1-7-4-8-5-9(13-11(14)6-15)2-3-10(8)12-7/h2-5,12,15H,6H2,1H3,(H,13,14). The Hall–Kier alpha value is -1.42. The van der Waals surface area contributed by atoms with Crippen LogP contribution in [0.25, 0.3) is 10.9 Å². The van der Waals surface area contributed by atoms with Gasteiger partial charge in [-0.15, -0.1) is 0 Å². The second-order valence-electron chi connectivity index (χ2n) is 3.46. The summed E-state index contributed by atoms with van der Waals surface area (Å²) >= 11 is 3.91. The molecule has 0 aliphatic carbocycles. The summed E-state index contributed by atoms with van der Waals surface area (Å²) in [5.74, 6) is 0.106. The van der Waals surface area contributed by atoms with Crippen LogP contribution in [0.3, 0.4) is 0 Å². The van der Waals surface area contributed by atoms with Crippen LogP contribution in [0.5, 0.6) is 0 Å². The molecule has 0 saturated heterocycles. The number of carbonyl (C=O) groups is 1. The average Bonchev–Trinajstić information content (AvgIpc) is 2.57. The van der Waals surface area contributed by atoms with Crippen LogP contribution in [-0.2, 0) is 4.79 Å². The van der Waals surface area contributed by atoms with Crippen LogP contribution in [-0.4, -0.2) is 16.6 Å². The Morgan fingerprint density at radius 1 is 1.47 bits per heavy atom. The molecule has 0 aliphatic rings. The second kappa shape index (κ2) is 3.98. The van der Waals surface area contributed by atoms with Gasteiger partial charge in [0, 0.05) is 22.3 Å². The zero-order valence-electron chi connectivity index (χ0n) is 8.37. The molecule has 0 radical (unpaired) electrons. The number of H-pyrrole nitrogens is 1. The Kier molecular flexibility index (Phi) is 2.68. The highest BCUT2D eigenvalue weighted by Gasteiger charge is 2.01. The number of hydrogen-bond acceptors (Lipinski definition) is 2. The lowest BCUT2D eigenvalue weighted by Gasteiger charge is -2.02. The van der Waals surface area contributed by atoms with Crippen molar-refractivity contribution < 1.29 is 4.79 Å². The number of amides is 1. The molecular weight excluding hydrogens is 208 g/mol. The Bertz CT molecular complexity index is 504. The highest BCUT2D eigenvalue weighted by Crippen LogP contribution is 2.19. The van der Waals surface area contributed by atoms with Crippen molar-refractivity contribution in [2.75, 3.05) is 11.1 Å². The van der Waals surface area contributed by atoms with Gasteiger partial charge in [0.25, 0.3) is 0 Å². The second-order valence-corrected chi connectivity index (χ2v) is 3.78. The first-order valence-electron chi connectivity index (χ1n) is 4.69.